The third kappa shape index (κ3) is 7.48. The van der Waals surface area contributed by atoms with Gasteiger partial charge in [0.05, 0.1) is 19.1 Å². The van der Waals surface area contributed by atoms with Crippen LogP contribution in [0.1, 0.15) is 38.8 Å². The number of anilines is 1. The van der Waals surface area contributed by atoms with Crippen molar-refractivity contribution in [3.63, 3.8) is 0 Å². The van der Waals surface area contributed by atoms with Gasteiger partial charge in [0.15, 0.2) is 0 Å². The molecule has 0 saturated carbocycles. The molecule has 34 heavy (non-hydrogen) atoms. The maximum absolute atomic E-state index is 13.6. The number of carbonyl (C=O) groups is 2. The smallest absolute Gasteiger partial charge is 0.244 e. The lowest BCUT2D eigenvalue weighted by Crippen LogP contribution is -2.54. The van der Waals surface area contributed by atoms with Gasteiger partial charge < -0.3 is 15.0 Å². The second-order valence-corrected chi connectivity index (χ2v) is 11.3. The monoisotopic (exact) mass is 489 g/mol. The molecule has 0 heterocycles. The number of benzene rings is 2. The molecule has 2 amide bonds. The minimum absolute atomic E-state index is 0.154. The summed E-state index contributed by atoms with van der Waals surface area (Å²) in [5.74, 6) is -0.506. The van der Waals surface area contributed by atoms with Crippen LogP contribution in [0.25, 0.3) is 0 Å². The van der Waals surface area contributed by atoms with Crippen LogP contribution < -0.4 is 14.4 Å². The number of hydrogen-bond acceptors (Lipinski definition) is 5. The van der Waals surface area contributed by atoms with Gasteiger partial charge in [0, 0.05) is 12.1 Å². The summed E-state index contributed by atoms with van der Waals surface area (Å²) in [5, 5.41) is 2.90. The van der Waals surface area contributed by atoms with Crippen molar-refractivity contribution in [2.45, 2.75) is 52.7 Å². The predicted molar refractivity (Wildman–Crippen MR) is 134 cm³/mol. The molecule has 2 aromatic rings. The highest BCUT2D eigenvalue weighted by atomic mass is 32.2. The number of carbonyl (C=O) groups excluding carboxylic acids is 2. The summed E-state index contributed by atoms with van der Waals surface area (Å²) in [6.07, 6.45) is 1.03. The van der Waals surface area contributed by atoms with Crippen molar-refractivity contribution in [1.82, 2.24) is 10.2 Å². The van der Waals surface area contributed by atoms with Crippen LogP contribution in [0, 0.1) is 6.92 Å². The Hall–Kier alpha value is -3.07. The number of hydrogen-bond donors (Lipinski definition) is 1. The highest BCUT2D eigenvalue weighted by Gasteiger charge is 2.32. The first kappa shape index (κ1) is 27.2. The molecule has 0 radical (unpaired) electrons. The van der Waals surface area contributed by atoms with Gasteiger partial charge in [-0.1, -0.05) is 42.0 Å². The van der Waals surface area contributed by atoms with Crippen LogP contribution in [0.3, 0.4) is 0 Å². The highest BCUT2D eigenvalue weighted by Crippen LogP contribution is 2.29. The van der Waals surface area contributed by atoms with Crippen molar-refractivity contribution in [1.29, 1.82) is 0 Å². The Kier molecular flexibility index (Phi) is 8.72. The molecule has 2 aromatic carbocycles. The van der Waals surface area contributed by atoms with E-state index in [1.165, 1.54) is 12.0 Å². The zero-order valence-electron chi connectivity index (χ0n) is 21.0. The van der Waals surface area contributed by atoms with Gasteiger partial charge in [-0.2, -0.15) is 0 Å². The van der Waals surface area contributed by atoms with Crippen LogP contribution >= 0.6 is 0 Å². The molecule has 0 saturated heterocycles. The van der Waals surface area contributed by atoms with Gasteiger partial charge in [0.2, 0.25) is 21.8 Å². The molecule has 0 aliphatic heterocycles. The van der Waals surface area contributed by atoms with E-state index in [2.05, 4.69) is 5.32 Å². The molecule has 8 nitrogen and oxygen atoms in total. The fourth-order valence-corrected chi connectivity index (χ4v) is 4.23. The Balaban J connectivity index is 2.43. The number of sulfonamides is 1. The molecule has 0 aliphatic rings. The number of rotatable bonds is 9. The van der Waals surface area contributed by atoms with Gasteiger partial charge in [-0.25, -0.2) is 8.42 Å². The third-order valence-electron chi connectivity index (χ3n) is 5.17. The second-order valence-electron chi connectivity index (χ2n) is 9.36. The van der Waals surface area contributed by atoms with Crippen molar-refractivity contribution < 1.29 is 22.7 Å². The molecular formula is C25H35N3O5S. The Morgan fingerprint density at radius 1 is 1.06 bits per heavy atom. The average molecular weight is 490 g/mol. The Morgan fingerprint density at radius 2 is 1.65 bits per heavy atom. The van der Waals surface area contributed by atoms with Crippen LogP contribution in [-0.4, -0.2) is 56.6 Å². The van der Waals surface area contributed by atoms with E-state index in [-0.39, 0.29) is 18.1 Å². The van der Waals surface area contributed by atoms with Crippen molar-refractivity contribution in [3.8, 4) is 5.75 Å². The van der Waals surface area contributed by atoms with Gasteiger partial charge >= 0.3 is 0 Å². The van der Waals surface area contributed by atoms with E-state index in [0.29, 0.717) is 5.75 Å². The molecule has 1 atom stereocenters. The maximum atomic E-state index is 13.6. The van der Waals surface area contributed by atoms with Crippen LogP contribution in [0.4, 0.5) is 5.69 Å². The summed E-state index contributed by atoms with van der Waals surface area (Å²) in [6, 6.07) is 13.4. The van der Waals surface area contributed by atoms with Gasteiger partial charge in [0.1, 0.15) is 18.3 Å². The van der Waals surface area contributed by atoms with Gasteiger partial charge in [-0.05, 0) is 52.3 Å². The number of para-hydroxylation sites is 2. The minimum Gasteiger partial charge on any atom is -0.495 e. The van der Waals surface area contributed by atoms with Crippen LogP contribution in [-0.2, 0) is 26.2 Å². The lowest BCUT2D eigenvalue weighted by atomic mass is 10.1. The fourth-order valence-electron chi connectivity index (χ4n) is 3.38. The fraction of sp³-hybridized carbons (Fsp3) is 0.440. The highest BCUT2D eigenvalue weighted by molar-refractivity contribution is 7.92. The average Bonchev–Trinajstić information content (AvgIpc) is 2.74. The van der Waals surface area contributed by atoms with Crippen molar-refractivity contribution in [2.75, 3.05) is 24.2 Å². The predicted octanol–water partition coefficient (Wildman–Crippen LogP) is 3.10. The summed E-state index contributed by atoms with van der Waals surface area (Å²) in [6.45, 7) is 8.86. The topological polar surface area (TPSA) is 96.0 Å². The zero-order valence-corrected chi connectivity index (χ0v) is 21.8. The second kappa shape index (κ2) is 10.9. The molecule has 0 spiro atoms. The van der Waals surface area contributed by atoms with Crippen LogP contribution in [0.5, 0.6) is 5.75 Å². The molecule has 0 unspecified atom stereocenters. The number of nitrogens with one attached hydrogen (secondary N) is 1. The standard InChI is InChI=1S/C25H35N3O5S/c1-18-12-14-20(15-13-18)16-27(19(2)24(30)26-25(3,4)5)23(29)17-28(34(7,31)32)21-10-8-9-11-22(21)33-6/h8-15,19H,16-17H2,1-7H3,(H,26,30)/t19-/m0/s1. The van der Waals surface area contributed by atoms with Crippen molar-refractivity contribution in [2.24, 2.45) is 0 Å². The minimum atomic E-state index is -3.83. The summed E-state index contributed by atoms with van der Waals surface area (Å²) in [7, 11) is -2.39. The van der Waals surface area contributed by atoms with E-state index in [1.807, 2.05) is 52.0 Å². The van der Waals surface area contributed by atoms with E-state index < -0.39 is 34.1 Å². The van der Waals surface area contributed by atoms with E-state index in [4.69, 9.17) is 4.74 Å². The maximum Gasteiger partial charge on any atom is 0.244 e. The quantitative estimate of drug-likeness (QED) is 0.584. The summed E-state index contributed by atoms with van der Waals surface area (Å²) in [5.41, 5.74) is 1.67. The Labute approximate surface area is 202 Å². The number of ether oxygens (including phenoxy) is 1. The number of amides is 2. The normalized spacial score (nSPS) is 12.6. The first-order valence-corrected chi connectivity index (χ1v) is 12.9. The lowest BCUT2D eigenvalue weighted by molar-refractivity contribution is -0.140. The molecule has 0 bridgehead atoms. The van der Waals surface area contributed by atoms with E-state index >= 15 is 0 Å². The SMILES string of the molecule is COc1ccccc1N(CC(=O)N(Cc1ccc(C)cc1)[C@@H](C)C(=O)NC(C)(C)C)S(C)(=O)=O. The largest absolute Gasteiger partial charge is 0.495 e. The Morgan fingerprint density at radius 3 is 2.18 bits per heavy atom. The third-order valence-corrected chi connectivity index (χ3v) is 6.30. The first-order valence-electron chi connectivity index (χ1n) is 11.0. The van der Waals surface area contributed by atoms with E-state index in [0.717, 1.165) is 21.7 Å². The van der Waals surface area contributed by atoms with Crippen molar-refractivity contribution in [3.05, 3.63) is 59.7 Å². The number of aryl methyl sites for hydroxylation is 1. The molecule has 0 fully saturated rings. The lowest BCUT2D eigenvalue weighted by Gasteiger charge is -2.33. The molecule has 186 valence electrons. The van der Waals surface area contributed by atoms with Gasteiger partial charge in [0.25, 0.3) is 0 Å². The molecular weight excluding hydrogens is 454 g/mol. The van der Waals surface area contributed by atoms with Crippen LogP contribution in [0.2, 0.25) is 0 Å². The molecule has 0 aromatic heterocycles. The van der Waals surface area contributed by atoms with E-state index in [1.54, 1.807) is 31.2 Å². The summed E-state index contributed by atoms with van der Waals surface area (Å²) < 4.78 is 31.7. The van der Waals surface area contributed by atoms with Crippen LogP contribution in [0.15, 0.2) is 48.5 Å². The van der Waals surface area contributed by atoms with Gasteiger partial charge in [-0.15, -0.1) is 0 Å². The number of nitrogens with zero attached hydrogens (tertiary/aromatic N) is 2. The molecule has 1 N–H and O–H groups in total. The summed E-state index contributed by atoms with van der Waals surface area (Å²) in [4.78, 5) is 27.9. The molecule has 0 aliphatic carbocycles. The van der Waals surface area contributed by atoms with E-state index in [9.17, 15) is 18.0 Å². The zero-order chi connectivity index (χ0) is 25.7. The first-order chi connectivity index (χ1) is 15.7. The van der Waals surface area contributed by atoms with Gasteiger partial charge in [-0.3, -0.25) is 13.9 Å². The number of methoxy groups -OCH3 is 1. The molecule has 9 heteroatoms. The summed E-state index contributed by atoms with van der Waals surface area (Å²) >= 11 is 0. The molecule has 2 rings (SSSR count). The van der Waals surface area contributed by atoms with Crippen molar-refractivity contribution >= 4 is 27.5 Å². The Bertz CT molecular complexity index is 1110.